The molecule has 142 valence electrons. The number of benzene rings is 2. The lowest BCUT2D eigenvalue weighted by molar-refractivity contribution is -0.384. The van der Waals surface area contributed by atoms with Gasteiger partial charge in [-0.3, -0.25) is 14.9 Å². The Kier molecular flexibility index (Phi) is 5.99. The summed E-state index contributed by atoms with van der Waals surface area (Å²) in [5.41, 5.74) is 0.203. The largest absolute Gasteiger partial charge is 0.438 e. The minimum absolute atomic E-state index is 0.00617. The number of aromatic nitrogens is 1. The first-order valence-corrected chi connectivity index (χ1v) is 8.81. The second-order valence-corrected chi connectivity index (χ2v) is 6.69. The number of ether oxygens (including phenoxy) is 1. The number of anilines is 1. The van der Waals surface area contributed by atoms with Gasteiger partial charge < -0.3 is 10.1 Å². The molecule has 2 aromatic carbocycles. The van der Waals surface area contributed by atoms with Crippen molar-refractivity contribution in [1.82, 2.24) is 4.98 Å². The Hall–Kier alpha value is -2.87. The van der Waals surface area contributed by atoms with Crippen LogP contribution in [0.25, 0.3) is 0 Å². The number of nitrogens with one attached hydrogen (secondary N) is 1. The summed E-state index contributed by atoms with van der Waals surface area (Å²) in [7, 11) is 0. The molecule has 10 heteroatoms. The Labute approximate surface area is 174 Å². The zero-order valence-corrected chi connectivity index (χ0v) is 16.1. The standard InChI is InChI=1S/C18H10Cl3N3O4/c19-10-7-16(21)18(22-9-10)28-13-4-1-11(2-5-13)23-17(25)14-8-12(24(26)27)3-6-15(14)20/h1-9H,(H,23,25). The summed E-state index contributed by atoms with van der Waals surface area (Å²) in [4.78, 5) is 26.6. The number of hydrogen-bond acceptors (Lipinski definition) is 5. The highest BCUT2D eigenvalue weighted by molar-refractivity contribution is 6.35. The second-order valence-electron chi connectivity index (χ2n) is 5.44. The smallest absolute Gasteiger partial charge is 0.270 e. The molecular formula is C18H10Cl3N3O4. The number of carbonyl (C=O) groups is 1. The third-order valence-corrected chi connectivity index (χ3v) is 4.31. The maximum absolute atomic E-state index is 12.4. The van der Waals surface area contributed by atoms with Crippen LogP contribution >= 0.6 is 34.8 Å². The number of hydrogen-bond donors (Lipinski definition) is 1. The van der Waals surface area contributed by atoms with E-state index in [0.29, 0.717) is 16.5 Å². The number of nitro benzene ring substituents is 1. The van der Waals surface area contributed by atoms with Gasteiger partial charge >= 0.3 is 0 Å². The summed E-state index contributed by atoms with van der Waals surface area (Å²) < 4.78 is 5.56. The maximum atomic E-state index is 12.4. The summed E-state index contributed by atoms with van der Waals surface area (Å²) in [5.74, 6) is 0.0408. The van der Waals surface area contributed by atoms with Crippen LogP contribution in [0.5, 0.6) is 11.6 Å². The van der Waals surface area contributed by atoms with Crippen LogP contribution in [0.15, 0.2) is 54.7 Å². The predicted molar refractivity (Wildman–Crippen MR) is 107 cm³/mol. The molecule has 1 heterocycles. The Morgan fingerprint density at radius 1 is 1.04 bits per heavy atom. The molecule has 0 unspecified atom stereocenters. The van der Waals surface area contributed by atoms with E-state index in [9.17, 15) is 14.9 Å². The van der Waals surface area contributed by atoms with Crippen LogP contribution in [0.3, 0.4) is 0 Å². The fraction of sp³-hybridized carbons (Fsp3) is 0. The Morgan fingerprint density at radius 3 is 2.39 bits per heavy atom. The molecule has 0 saturated heterocycles. The average molecular weight is 439 g/mol. The van der Waals surface area contributed by atoms with E-state index in [1.54, 1.807) is 24.3 Å². The van der Waals surface area contributed by atoms with E-state index in [0.717, 1.165) is 6.07 Å². The van der Waals surface area contributed by atoms with Crippen LogP contribution in [0, 0.1) is 10.1 Å². The van der Waals surface area contributed by atoms with Crippen LogP contribution in [-0.4, -0.2) is 15.8 Å². The molecule has 1 N–H and O–H groups in total. The van der Waals surface area contributed by atoms with E-state index in [2.05, 4.69) is 10.3 Å². The SMILES string of the molecule is O=C(Nc1ccc(Oc2ncc(Cl)cc2Cl)cc1)c1cc([N+](=O)[O-])ccc1Cl. The summed E-state index contributed by atoms with van der Waals surface area (Å²) in [6, 6.07) is 11.5. The highest BCUT2D eigenvalue weighted by atomic mass is 35.5. The van der Waals surface area contributed by atoms with Gasteiger partial charge in [-0.05, 0) is 36.4 Å². The van der Waals surface area contributed by atoms with Crippen LogP contribution < -0.4 is 10.1 Å². The molecule has 3 rings (SSSR count). The quantitative estimate of drug-likeness (QED) is 0.390. The minimum Gasteiger partial charge on any atom is -0.438 e. The van der Waals surface area contributed by atoms with Crippen molar-refractivity contribution in [3.63, 3.8) is 0 Å². The van der Waals surface area contributed by atoms with Gasteiger partial charge in [-0.25, -0.2) is 4.98 Å². The third kappa shape index (κ3) is 4.69. The first-order valence-electron chi connectivity index (χ1n) is 7.68. The van der Waals surface area contributed by atoms with Gasteiger partial charge in [0.1, 0.15) is 10.8 Å². The van der Waals surface area contributed by atoms with Gasteiger partial charge in [-0.2, -0.15) is 0 Å². The summed E-state index contributed by atoms with van der Waals surface area (Å²) in [6.45, 7) is 0. The van der Waals surface area contributed by atoms with E-state index < -0.39 is 10.8 Å². The van der Waals surface area contributed by atoms with E-state index in [1.807, 2.05) is 0 Å². The number of non-ortho nitro benzene ring substituents is 1. The number of pyridine rings is 1. The van der Waals surface area contributed by atoms with Crippen LogP contribution in [0.4, 0.5) is 11.4 Å². The first-order chi connectivity index (χ1) is 13.3. The van der Waals surface area contributed by atoms with Gasteiger partial charge in [0, 0.05) is 24.0 Å². The molecule has 3 aromatic rings. The van der Waals surface area contributed by atoms with Gasteiger partial charge in [0.05, 0.1) is 20.5 Å². The van der Waals surface area contributed by atoms with Crippen molar-refractivity contribution in [3.8, 4) is 11.6 Å². The molecule has 0 aliphatic heterocycles. The lowest BCUT2D eigenvalue weighted by Gasteiger charge is -2.09. The molecule has 0 radical (unpaired) electrons. The van der Waals surface area contributed by atoms with Gasteiger partial charge in [0.25, 0.3) is 11.6 Å². The molecule has 0 fully saturated rings. The number of amides is 1. The highest BCUT2D eigenvalue weighted by Gasteiger charge is 2.16. The van der Waals surface area contributed by atoms with Crippen LogP contribution in [0.1, 0.15) is 10.4 Å². The van der Waals surface area contributed by atoms with E-state index in [1.165, 1.54) is 24.4 Å². The predicted octanol–water partition coefficient (Wildman–Crippen LogP) is 5.99. The van der Waals surface area contributed by atoms with E-state index in [-0.39, 0.29) is 27.2 Å². The number of nitrogens with zero attached hydrogens (tertiary/aromatic N) is 2. The normalized spacial score (nSPS) is 10.4. The Bertz CT molecular complexity index is 1060. The molecule has 1 aromatic heterocycles. The maximum Gasteiger partial charge on any atom is 0.270 e. The second kappa shape index (κ2) is 8.43. The van der Waals surface area contributed by atoms with Gasteiger partial charge in [0.2, 0.25) is 5.88 Å². The lowest BCUT2D eigenvalue weighted by Crippen LogP contribution is -2.12. The van der Waals surface area contributed by atoms with E-state index in [4.69, 9.17) is 39.5 Å². The van der Waals surface area contributed by atoms with Gasteiger partial charge in [-0.15, -0.1) is 0 Å². The molecule has 0 saturated carbocycles. The van der Waals surface area contributed by atoms with Crippen molar-refractivity contribution >= 4 is 52.1 Å². The molecule has 1 amide bonds. The van der Waals surface area contributed by atoms with Crippen LogP contribution in [0.2, 0.25) is 15.1 Å². The van der Waals surface area contributed by atoms with Crippen molar-refractivity contribution in [3.05, 3.63) is 85.5 Å². The van der Waals surface area contributed by atoms with Crippen molar-refractivity contribution in [2.24, 2.45) is 0 Å². The van der Waals surface area contributed by atoms with Gasteiger partial charge in [0.15, 0.2) is 0 Å². The molecule has 0 spiro atoms. The molecule has 7 nitrogen and oxygen atoms in total. The zero-order chi connectivity index (χ0) is 20.3. The van der Waals surface area contributed by atoms with Gasteiger partial charge in [-0.1, -0.05) is 34.8 Å². The summed E-state index contributed by atoms with van der Waals surface area (Å²) in [5, 5.41) is 14.2. The molecule has 0 aliphatic carbocycles. The highest BCUT2D eigenvalue weighted by Crippen LogP contribution is 2.30. The van der Waals surface area contributed by atoms with Crippen molar-refractivity contribution in [1.29, 1.82) is 0 Å². The van der Waals surface area contributed by atoms with Crippen molar-refractivity contribution in [2.75, 3.05) is 5.32 Å². The van der Waals surface area contributed by atoms with Crippen LogP contribution in [-0.2, 0) is 0 Å². The Morgan fingerprint density at radius 2 is 1.75 bits per heavy atom. The Balaban J connectivity index is 1.73. The number of rotatable bonds is 5. The monoisotopic (exact) mass is 437 g/mol. The first kappa shape index (κ1) is 19.9. The number of carbonyl (C=O) groups excluding carboxylic acids is 1. The number of halogens is 3. The molecular weight excluding hydrogens is 429 g/mol. The van der Waals surface area contributed by atoms with Crippen molar-refractivity contribution in [2.45, 2.75) is 0 Å². The third-order valence-electron chi connectivity index (χ3n) is 3.51. The van der Waals surface area contributed by atoms with Crippen molar-refractivity contribution < 1.29 is 14.5 Å². The summed E-state index contributed by atoms with van der Waals surface area (Å²) in [6.07, 6.45) is 1.40. The molecule has 0 atom stereocenters. The topological polar surface area (TPSA) is 94.4 Å². The molecule has 28 heavy (non-hydrogen) atoms. The number of nitro groups is 1. The summed E-state index contributed by atoms with van der Waals surface area (Å²) >= 11 is 17.8. The minimum atomic E-state index is -0.602. The molecule has 0 bridgehead atoms. The average Bonchev–Trinajstić information content (AvgIpc) is 2.65. The molecule has 0 aliphatic rings. The zero-order valence-electron chi connectivity index (χ0n) is 13.9. The lowest BCUT2D eigenvalue weighted by atomic mass is 10.2. The van der Waals surface area contributed by atoms with E-state index >= 15 is 0 Å². The fourth-order valence-electron chi connectivity index (χ4n) is 2.19. The fourth-order valence-corrected chi connectivity index (χ4v) is 2.82.